The Bertz CT molecular complexity index is 1540. The van der Waals surface area contributed by atoms with Crippen LogP contribution in [0.1, 0.15) is 36.0 Å². The van der Waals surface area contributed by atoms with Crippen LogP contribution in [0.25, 0.3) is 10.8 Å². The van der Waals surface area contributed by atoms with Crippen LogP contribution in [0.4, 0.5) is 0 Å². The van der Waals surface area contributed by atoms with Gasteiger partial charge in [0.05, 0.1) is 13.2 Å². The van der Waals surface area contributed by atoms with Crippen molar-refractivity contribution >= 4 is 34.1 Å². The van der Waals surface area contributed by atoms with Crippen molar-refractivity contribution in [3.63, 3.8) is 0 Å². The lowest BCUT2D eigenvalue weighted by Gasteiger charge is -2.23. The zero-order valence-electron chi connectivity index (χ0n) is 23.9. The summed E-state index contributed by atoms with van der Waals surface area (Å²) in [7, 11) is 0. The number of halogens is 1. The standard InChI is InChI=1S/C37H38ClNO2S/c38-34-17-20-36(21-18-34)42-37-13-7-6-12-33(37)28-39(22-23-40)27-30-14-15-32-26-35(19-16-31(32)25-30)41-24-8-2-5-11-29-9-3-1-4-10-29/h1,3-4,6-7,9-10,12-21,25-26,40H,2,5,8,11,22-24,27-28H2. The smallest absolute Gasteiger partial charge is 0.119 e. The van der Waals surface area contributed by atoms with Crippen molar-refractivity contribution < 1.29 is 9.84 Å². The highest BCUT2D eigenvalue weighted by Gasteiger charge is 2.12. The number of aliphatic hydroxyl groups excluding tert-OH is 1. The summed E-state index contributed by atoms with van der Waals surface area (Å²) in [6, 6.07) is 40.1. The molecule has 0 aliphatic carbocycles. The zero-order chi connectivity index (χ0) is 29.0. The van der Waals surface area contributed by atoms with Crippen LogP contribution in [0.3, 0.4) is 0 Å². The SMILES string of the molecule is OCCN(Cc1ccc2cc(OCCCCCc3ccccc3)ccc2c1)Cc1ccccc1Sc1ccc(Cl)cc1. The van der Waals surface area contributed by atoms with E-state index in [1.54, 1.807) is 11.8 Å². The van der Waals surface area contributed by atoms with Crippen molar-refractivity contribution in [3.05, 3.63) is 137 Å². The van der Waals surface area contributed by atoms with E-state index in [9.17, 15) is 5.11 Å². The Balaban J connectivity index is 1.16. The largest absolute Gasteiger partial charge is 0.494 e. The zero-order valence-corrected chi connectivity index (χ0v) is 25.5. The van der Waals surface area contributed by atoms with Gasteiger partial charge in [0.1, 0.15) is 5.75 Å². The molecule has 5 rings (SSSR count). The summed E-state index contributed by atoms with van der Waals surface area (Å²) < 4.78 is 6.07. The van der Waals surface area contributed by atoms with Crippen LogP contribution in [0.2, 0.25) is 5.02 Å². The Morgan fingerprint density at radius 3 is 2.29 bits per heavy atom. The molecule has 42 heavy (non-hydrogen) atoms. The van der Waals surface area contributed by atoms with Crippen LogP contribution in [0, 0.1) is 0 Å². The van der Waals surface area contributed by atoms with Crippen LogP contribution >= 0.6 is 23.4 Å². The molecule has 0 saturated heterocycles. The Hall–Kier alpha value is -3.28. The number of aryl methyl sites for hydroxylation is 1. The molecule has 5 heteroatoms. The average Bonchev–Trinajstić information content (AvgIpc) is 3.01. The van der Waals surface area contributed by atoms with Crippen molar-refractivity contribution in [1.29, 1.82) is 0 Å². The van der Waals surface area contributed by atoms with Crippen molar-refractivity contribution in [2.24, 2.45) is 0 Å². The third-order valence-corrected chi connectivity index (χ3v) is 8.71. The molecule has 0 heterocycles. The van der Waals surface area contributed by atoms with Gasteiger partial charge < -0.3 is 9.84 Å². The van der Waals surface area contributed by atoms with Gasteiger partial charge in [-0.1, -0.05) is 90.1 Å². The maximum atomic E-state index is 9.82. The maximum absolute atomic E-state index is 9.82. The summed E-state index contributed by atoms with van der Waals surface area (Å²) in [5.41, 5.74) is 3.88. The van der Waals surface area contributed by atoms with Gasteiger partial charge in [-0.25, -0.2) is 0 Å². The van der Waals surface area contributed by atoms with E-state index in [4.69, 9.17) is 16.3 Å². The van der Waals surface area contributed by atoms with Crippen LogP contribution in [0.5, 0.6) is 5.75 Å². The van der Waals surface area contributed by atoms with E-state index in [0.717, 1.165) is 48.2 Å². The quantitative estimate of drug-likeness (QED) is 0.122. The number of hydrogen-bond donors (Lipinski definition) is 1. The summed E-state index contributed by atoms with van der Waals surface area (Å²) in [6.45, 7) is 2.99. The molecular weight excluding hydrogens is 558 g/mol. The lowest BCUT2D eigenvalue weighted by molar-refractivity contribution is 0.183. The fourth-order valence-electron chi connectivity index (χ4n) is 5.12. The molecule has 5 aromatic rings. The van der Waals surface area contributed by atoms with E-state index in [2.05, 4.69) is 95.9 Å². The second kappa shape index (κ2) is 15.8. The number of rotatable bonds is 15. The highest BCUT2D eigenvalue weighted by atomic mass is 35.5. The summed E-state index contributed by atoms with van der Waals surface area (Å²) in [5, 5.41) is 12.9. The number of fused-ring (bicyclic) bond motifs is 1. The minimum absolute atomic E-state index is 0.118. The first kappa shape index (κ1) is 30.2. The topological polar surface area (TPSA) is 32.7 Å². The lowest BCUT2D eigenvalue weighted by atomic mass is 10.1. The Kier molecular flexibility index (Phi) is 11.4. The third kappa shape index (κ3) is 9.11. The fraction of sp³-hybridized carbons (Fsp3) is 0.243. The first-order valence-corrected chi connectivity index (χ1v) is 15.9. The third-order valence-electron chi connectivity index (χ3n) is 7.33. The van der Waals surface area contributed by atoms with Crippen LogP contribution in [-0.4, -0.2) is 29.8 Å². The molecular formula is C37H38ClNO2S. The molecule has 5 aromatic carbocycles. The summed E-state index contributed by atoms with van der Waals surface area (Å²) in [5.74, 6) is 0.926. The highest BCUT2D eigenvalue weighted by molar-refractivity contribution is 7.99. The van der Waals surface area contributed by atoms with E-state index in [-0.39, 0.29) is 6.61 Å². The molecule has 0 fully saturated rings. The Morgan fingerprint density at radius 1 is 0.690 bits per heavy atom. The average molecular weight is 596 g/mol. The van der Waals surface area contributed by atoms with Crippen LogP contribution < -0.4 is 4.74 Å². The van der Waals surface area contributed by atoms with E-state index in [1.807, 2.05) is 24.3 Å². The van der Waals surface area contributed by atoms with Crippen molar-refractivity contribution in [1.82, 2.24) is 4.90 Å². The van der Waals surface area contributed by atoms with Crippen molar-refractivity contribution in [2.75, 3.05) is 19.8 Å². The van der Waals surface area contributed by atoms with Gasteiger partial charge >= 0.3 is 0 Å². The number of nitrogens with zero attached hydrogens (tertiary/aromatic N) is 1. The lowest BCUT2D eigenvalue weighted by Crippen LogP contribution is -2.26. The number of benzene rings is 5. The molecule has 0 spiro atoms. The molecule has 0 saturated carbocycles. The molecule has 1 N–H and O–H groups in total. The Labute approximate surface area is 259 Å². The second-order valence-electron chi connectivity index (χ2n) is 10.6. The summed E-state index contributed by atoms with van der Waals surface area (Å²) >= 11 is 7.82. The van der Waals surface area contributed by atoms with E-state index >= 15 is 0 Å². The van der Waals surface area contributed by atoms with Gasteiger partial charge in [-0.2, -0.15) is 0 Å². The van der Waals surface area contributed by atoms with Gasteiger partial charge in [-0.15, -0.1) is 0 Å². The van der Waals surface area contributed by atoms with Gasteiger partial charge in [-0.05, 0) is 102 Å². The normalized spacial score (nSPS) is 11.3. The molecule has 0 bridgehead atoms. The second-order valence-corrected chi connectivity index (χ2v) is 12.1. The first-order valence-electron chi connectivity index (χ1n) is 14.7. The van der Waals surface area contributed by atoms with E-state index < -0.39 is 0 Å². The predicted molar refractivity (Wildman–Crippen MR) is 177 cm³/mol. The first-order chi connectivity index (χ1) is 20.7. The maximum Gasteiger partial charge on any atom is 0.119 e. The molecule has 0 atom stereocenters. The van der Waals surface area contributed by atoms with E-state index in [0.29, 0.717) is 6.54 Å². The minimum Gasteiger partial charge on any atom is -0.494 e. The van der Waals surface area contributed by atoms with Gasteiger partial charge in [0, 0.05) is 34.4 Å². The van der Waals surface area contributed by atoms with Crippen molar-refractivity contribution in [2.45, 2.75) is 48.6 Å². The van der Waals surface area contributed by atoms with Gasteiger partial charge in [-0.3, -0.25) is 4.90 Å². The molecule has 3 nitrogen and oxygen atoms in total. The van der Waals surface area contributed by atoms with Crippen molar-refractivity contribution in [3.8, 4) is 5.75 Å². The van der Waals surface area contributed by atoms with Gasteiger partial charge in [0.2, 0.25) is 0 Å². The molecule has 0 aromatic heterocycles. The Morgan fingerprint density at radius 2 is 1.45 bits per heavy atom. The van der Waals surface area contributed by atoms with E-state index in [1.165, 1.54) is 45.2 Å². The number of ether oxygens (including phenoxy) is 1. The van der Waals surface area contributed by atoms with Gasteiger partial charge in [0.15, 0.2) is 0 Å². The van der Waals surface area contributed by atoms with Crippen LogP contribution in [0.15, 0.2) is 125 Å². The predicted octanol–water partition coefficient (Wildman–Crippen LogP) is 9.43. The van der Waals surface area contributed by atoms with Crippen LogP contribution in [-0.2, 0) is 19.5 Å². The molecule has 0 radical (unpaired) electrons. The summed E-state index contributed by atoms with van der Waals surface area (Å²) in [4.78, 5) is 4.67. The number of aliphatic hydroxyl groups is 1. The number of unbranched alkanes of at least 4 members (excludes halogenated alkanes) is 2. The minimum atomic E-state index is 0.118. The highest BCUT2D eigenvalue weighted by Crippen LogP contribution is 2.32. The molecule has 0 amide bonds. The molecule has 0 unspecified atom stereocenters. The molecule has 0 aliphatic heterocycles. The summed E-state index contributed by atoms with van der Waals surface area (Å²) in [6.07, 6.45) is 4.55. The van der Waals surface area contributed by atoms with Gasteiger partial charge in [0.25, 0.3) is 0 Å². The monoisotopic (exact) mass is 595 g/mol. The molecule has 0 aliphatic rings. The molecule has 216 valence electrons. The number of hydrogen-bond acceptors (Lipinski definition) is 4. The fourth-order valence-corrected chi connectivity index (χ4v) is 6.18.